The summed E-state index contributed by atoms with van der Waals surface area (Å²) < 4.78 is 19.7. The van der Waals surface area contributed by atoms with Crippen LogP contribution in [-0.4, -0.2) is 49.6 Å². The number of rotatable bonds is 3. The monoisotopic (exact) mass is 451 g/mol. The van der Waals surface area contributed by atoms with Crippen LogP contribution >= 0.6 is 0 Å². The molecule has 3 aliphatic rings. The summed E-state index contributed by atoms with van der Waals surface area (Å²) in [5, 5.41) is 6.55. The highest BCUT2D eigenvalue weighted by Gasteiger charge is 2.31. The van der Waals surface area contributed by atoms with Crippen LogP contribution in [0.5, 0.6) is 5.75 Å². The van der Waals surface area contributed by atoms with Gasteiger partial charge in [-0.25, -0.2) is 4.39 Å². The third kappa shape index (κ3) is 5.74. The minimum atomic E-state index is -0.216. The minimum Gasteiger partial charge on any atom is -0.492 e. The van der Waals surface area contributed by atoms with Gasteiger partial charge < -0.3 is 15.4 Å². The van der Waals surface area contributed by atoms with Gasteiger partial charge in [0.25, 0.3) is 0 Å². The van der Waals surface area contributed by atoms with Crippen LogP contribution in [0.25, 0.3) is 0 Å². The van der Waals surface area contributed by atoms with E-state index in [1.165, 1.54) is 36.1 Å². The van der Waals surface area contributed by atoms with Crippen LogP contribution in [0.1, 0.15) is 60.6 Å². The Morgan fingerprint density at radius 3 is 2.67 bits per heavy atom. The number of nitrogens with one attached hydrogen (secondary N) is 2. The summed E-state index contributed by atoms with van der Waals surface area (Å²) >= 11 is 0. The number of halogens is 1. The molecule has 1 aliphatic carbocycles. The zero-order valence-electron chi connectivity index (χ0n) is 19.2. The predicted octanol–water partition coefficient (Wildman–Crippen LogP) is 3.94. The topological polar surface area (TPSA) is 53.6 Å². The fraction of sp³-hybridized carbons (Fsp3) is 0.519. The summed E-state index contributed by atoms with van der Waals surface area (Å²) in [7, 11) is 0. The minimum absolute atomic E-state index is 0.0997. The van der Waals surface area contributed by atoms with E-state index in [1.807, 2.05) is 12.1 Å². The molecular weight excluding hydrogens is 417 g/mol. The Kier molecular flexibility index (Phi) is 6.93. The molecule has 2 heterocycles. The van der Waals surface area contributed by atoms with E-state index in [1.54, 1.807) is 0 Å². The van der Waals surface area contributed by atoms with Crippen LogP contribution in [0.4, 0.5) is 4.39 Å². The van der Waals surface area contributed by atoms with Gasteiger partial charge in [0.15, 0.2) is 0 Å². The van der Waals surface area contributed by atoms with Crippen molar-refractivity contribution in [3.63, 3.8) is 0 Å². The van der Waals surface area contributed by atoms with Gasteiger partial charge in [0.1, 0.15) is 18.2 Å². The van der Waals surface area contributed by atoms with Crippen molar-refractivity contribution in [3.05, 3.63) is 65.0 Å². The van der Waals surface area contributed by atoms with Gasteiger partial charge in [-0.1, -0.05) is 24.3 Å². The Balaban J connectivity index is 1.36. The lowest BCUT2D eigenvalue weighted by molar-refractivity contribution is -0.123. The molecule has 1 saturated heterocycles. The first-order valence-electron chi connectivity index (χ1n) is 12.4. The average molecular weight is 452 g/mol. The average Bonchev–Trinajstić information content (AvgIpc) is 3.68. The van der Waals surface area contributed by atoms with E-state index in [2.05, 4.69) is 33.7 Å². The van der Waals surface area contributed by atoms with Gasteiger partial charge in [-0.2, -0.15) is 0 Å². The number of amides is 1. The Bertz CT molecular complexity index is 960. The molecule has 0 unspecified atom stereocenters. The molecule has 33 heavy (non-hydrogen) atoms. The van der Waals surface area contributed by atoms with E-state index in [0.717, 1.165) is 56.8 Å². The summed E-state index contributed by atoms with van der Waals surface area (Å²) in [6.45, 7) is 4.47. The van der Waals surface area contributed by atoms with Crippen molar-refractivity contribution in [1.82, 2.24) is 15.5 Å². The van der Waals surface area contributed by atoms with Gasteiger partial charge in [-0.3, -0.25) is 9.69 Å². The lowest BCUT2D eigenvalue weighted by atomic mass is 9.84. The highest BCUT2D eigenvalue weighted by Crippen LogP contribution is 2.43. The predicted molar refractivity (Wildman–Crippen MR) is 127 cm³/mol. The summed E-state index contributed by atoms with van der Waals surface area (Å²) in [6.07, 6.45) is 5.24. The number of piperidine rings is 1. The highest BCUT2D eigenvalue weighted by molar-refractivity contribution is 5.82. The number of carbonyl (C=O) groups excluding carboxylic acids is 1. The third-order valence-electron chi connectivity index (χ3n) is 7.18. The molecule has 2 aromatic rings. The zero-order valence-corrected chi connectivity index (χ0v) is 19.2. The normalized spacial score (nSPS) is 24.8. The first kappa shape index (κ1) is 22.4. The Hall–Kier alpha value is -2.44. The maximum absolute atomic E-state index is 13.3. The standard InChI is InChI=1S/C27H34FN3O2/c28-23-7-2-19(3-8-23)18-31-13-1-11-30-27(32)25-17-22(10-12-29-25)24-16-21(20-4-5-20)6-9-26(24)33-15-14-31/h2-3,6-9,16,20,22,25,29H,1,4-5,10-15,17-18H2,(H,30,32)/t22-,25-/m1/s1. The quantitative estimate of drug-likeness (QED) is 0.742. The molecule has 2 bridgehead atoms. The summed E-state index contributed by atoms with van der Waals surface area (Å²) in [5.41, 5.74) is 3.76. The molecule has 5 rings (SSSR count). The number of hydrogen-bond donors (Lipinski definition) is 2. The molecule has 2 aromatic carbocycles. The number of benzene rings is 2. The van der Waals surface area contributed by atoms with E-state index >= 15 is 0 Å². The van der Waals surface area contributed by atoms with Crippen LogP contribution in [0, 0.1) is 5.82 Å². The van der Waals surface area contributed by atoms with Crippen molar-refractivity contribution in [2.75, 3.05) is 32.8 Å². The maximum Gasteiger partial charge on any atom is 0.237 e. The zero-order chi connectivity index (χ0) is 22.6. The van der Waals surface area contributed by atoms with Crippen LogP contribution in [0.15, 0.2) is 42.5 Å². The van der Waals surface area contributed by atoms with Crippen LogP contribution in [0.3, 0.4) is 0 Å². The first-order chi connectivity index (χ1) is 16.2. The van der Waals surface area contributed by atoms with Gasteiger partial charge in [0.05, 0.1) is 6.04 Å². The van der Waals surface area contributed by atoms with E-state index in [0.29, 0.717) is 25.0 Å². The largest absolute Gasteiger partial charge is 0.492 e. The lowest BCUT2D eigenvalue weighted by Crippen LogP contribution is -2.48. The molecular formula is C27H34FN3O2. The number of nitrogens with zero attached hydrogens (tertiary/aromatic N) is 1. The van der Waals surface area contributed by atoms with Crippen molar-refractivity contribution in [1.29, 1.82) is 0 Å². The van der Waals surface area contributed by atoms with Crippen molar-refractivity contribution < 1.29 is 13.9 Å². The van der Waals surface area contributed by atoms with E-state index in [4.69, 9.17) is 4.74 Å². The molecule has 1 amide bonds. The molecule has 2 aliphatic heterocycles. The highest BCUT2D eigenvalue weighted by atomic mass is 19.1. The molecule has 5 nitrogen and oxygen atoms in total. The second-order valence-corrected chi connectivity index (χ2v) is 9.70. The van der Waals surface area contributed by atoms with Crippen LogP contribution in [-0.2, 0) is 11.3 Å². The van der Waals surface area contributed by atoms with Gasteiger partial charge in [0.2, 0.25) is 5.91 Å². The van der Waals surface area contributed by atoms with Crippen LogP contribution < -0.4 is 15.4 Å². The smallest absolute Gasteiger partial charge is 0.237 e. The molecule has 176 valence electrons. The third-order valence-corrected chi connectivity index (χ3v) is 7.18. The number of hydrogen-bond acceptors (Lipinski definition) is 4. The summed E-state index contributed by atoms with van der Waals surface area (Å²) in [4.78, 5) is 15.2. The molecule has 0 aromatic heterocycles. The van der Waals surface area contributed by atoms with Crippen LogP contribution in [0.2, 0.25) is 0 Å². The van der Waals surface area contributed by atoms with Gasteiger partial charge in [0, 0.05) is 26.2 Å². The number of carbonyl (C=O) groups is 1. The fourth-order valence-corrected chi connectivity index (χ4v) is 5.13. The molecule has 2 atom stereocenters. The summed E-state index contributed by atoms with van der Waals surface area (Å²) in [5.74, 6) is 1.86. The lowest BCUT2D eigenvalue weighted by Gasteiger charge is -2.32. The fourth-order valence-electron chi connectivity index (χ4n) is 5.13. The van der Waals surface area contributed by atoms with E-state index in [-0.39, 0.29) is 17.8 Å². The molecule has 2 fully saturated rings. The van der Waals surface area contributed by atoms with Gasteiger partial charge >= 0.3 is 0 Å². The maximum atomic E-state index is 13.3. The second kappa shape index (κ2) is 10.2. The first-order valence-corrected chi connectivity index (χ1v) is 12.4. The number of fused-ring (bicyclic) bond motifs is 4. The van der Waals surface area contributed by atoms with Crippen molar-refractivity contribution >= 4 is 5.91 Å². The molecule has 2 N–H and O–H groups in total. The van der Waals surface area contributed by atoms with E-state index < -0.39 is 0 Å². The molecule has 0 spiro atoms. The van der Waals surface area contributed by atoms with Gasteiger partial charge in [-0.15, -0.1) is 0 Å². The SMILES string of the molecule is O=C1NCCCN(Cc2ccc(F)cc2)CCOc2ccc(C3CC3)cc2[C@@H]2CCN[C@@H]1C2. The van der Waals surface area contributed by atoms with Crippen molar-refractivity contribution in [3.8, 4) is 5.75 Å². The number of ether oxygens (including phenoxy) is 1. The van der Waals surface area contributed by atoms with Gasteiger partial charge in [-0.05, 0) is 85.4 Å². The van der Waals surface area contributed by atoms with Crippen molar-refractivity contribution in [2.45, 2.75) is 56.5 Å². The molecule has 1 saturated carbocycles. The molecule has 6 heteroatoms. The Morgan fingerprint density at radius 2 is 1.85 bits per heavy atom. The second-order valence-electron chi connectivity index (χ2n) is 9.70. The summed E-state index contributed by atoms with van der Waals surface area (Å²) in [6, 6.07) is 13.3. The Labute approximate surface area is 195 Å². The Morgan fingerprint density at radius 1 is 1.00 bits per heavy atom. The van der Waals surface area contributed by atoms with E-state index in [9.17, 15) is 9.18 Å². The molecule has 0 radical (unpaired) electrons. The van der Waals surface area contributed by atoms with Crippen molar-refractivity contribution in [2.24, 2.45) is 0 Å².